The normalized spacial score (nSPS) is 9.10. The molecule has 0 saturated carbocycles. The average Bonchev–Trinajstić information content (AvgIpc) is 2.37. The summed E-state index contributed by atoms with van der Waals surface area (Å²) < 4.78 is 24.8. The number of benzene rings is 1. The van der Waals surface area contributed by atoms with Gasteiger partial charge in [0.1, 0.15) is 0 Å². The molecule has 0 heterocycles. The minimum absolute atomic E-state index is 0. The maximum atomic E-state index is 12.4. The number of hydrogen-bond donors (Lipinski definition) is 1. The molecule has 8 radical (unpaired) electrons. The highest BCUT2D eigenvalue weighted by Crippen LogP contribution is 2.23. The summed E-state index contributed by atoms with van der Waals surface area (Å²) in [4.78, 5) is 10.3. The summed E-state index contributed by atoms with van der Waals surface area (Å²) in [5.41, 5.74) is 0.332. The number of rotatable bonds is 5. The fraction of sp³-hybridized carbons (Fsp3) is 0.300. The highest BCUT2D eigenvalue weighted by molar-refractivity contribution is 7.76. The van der Waals surface area contributed by atoms with Crippen LogP contribution in [-0.4, -0.2) is 54.8 Å². The van der Waals surface area contributed by atoms with Crippen molar-refractivity contribution in [1.29, 1.82) is 0 Å². The Morgan fingerprint density at radius 3 is 2.00 bits per heavy atom. The van der Waals surface area contributed by atoms with Gasteiger partial charge in [0.05, 0.1) is 0 Å². The Kier molecular flexibility index (Phi) is 12.2. The molecule has 0 atom stereocenters. The van der Waals surface area contributed by atoms with E-state index >= 15 is 0 Å². The summed E-state index contributed by atoms with van der Waals surface area (Å²) >= 11 is 0. The van der Waals surface area contributed by atoms with Crippen LogP contribution in [0.15, 0.2) is 24.3 Å². The molecule has 1 aromatic carbocycles. The van der Waals surface area contributed by atoms with Crippen LogP contribution in [0.1, 0.15) is 24.0 Å². The molecule has 0 aliphatic rings. The molecule has 0 aliphatic heterocycles. The first-order valence-electron chi connectivity index (χ1n) is 5.85. The highest BCUT2D eigenvalue weighted by atomic mass is 19.3. The zero-order valence-electron chi connectivity index (χ0n) is 11.3. The highest BCUT2D eigenvalue weighted by Gasteiger charge is 2.12. The van der Waals surface area contributed by atoms with Gasteiger partial charge in [-0.3, -0.25) is 9.50 Å². The van der Waals surface area contributed by atoms with E-state index in [4.69, 9.17) is 36.1 Å². The lowest BCUT2D eigenvalue weighted by atomic mass is 8.81. The number of halogens is 3. The second kappa shape index (κ2) is 11.5. The number of hydrogen-bond acceptors (Lipinski definition) is 1. The molecule has 1 rings (SSSR count). The van der Waals surface area contributed by atoms with Crippen LogP contribution >= 0.6 is 0 Å². The van der Waals surface area contributed by atoms with Gasteiger partial charge in [0.15, 0.2) is 0 Å². The van der Waals surface area contributed by atoms with Gasteiger partial charge >= 0.3 is 5.97 Å². The van der Waals surface area contributed by atoms with Crippen molar-refractivity contribution >= 4 is 49.7 Å². The molecule has 0 amide bonds. The summed E-state index contributed by atoms with van der Waals surface area (Å²) in [6.07, 6.45) is -3.70. The molecule has 0 aliphatic carbocycles. The SMILES string of the molecule is F.O=C(O)CCc1ccccc1C(F)F.[B]B([B])B([B])[B]. The number of carbonyl (C=O) groups is 1. The fourth-order valence-corrected chi connectivity index (χ4v) is 1.22. The van der Waals surface area contributed by atoms with Gasteiger partial charge in [-0.25, -0.2) is 8.78 Å². The Balaban J connectivity index is 0. The number of aliphatic carboxylic acids is 1. The zero-order chi connectivity index (χ0) is 15.7. The smallest absolute Gasteiger partial charge is 0.303 e. The number of aryl methyl sites for hydroxylation is 1. The minimum atomic E-state index is -2.54. The predicted molar refractivity (Wildman–Crippen MR) is 84.4 cm³/mol. The van der Waals surface area contributed by atoms with E-state index in [1.807, 2.05) is 0 Å². The lowest BCUT2D eigenvalue weighted by molar-refractivity contribution is -0.136. The molecule has 2 nitrogen and oxygen atoms in total. The molecule has 11 heteroatoms. The van der Waals surface area contributed by atoms with Gasteiger partial charge in [0.25, 0.3) is 6.43 Å². The van der Waals surface area contributed by atoms with Gasteiger partial charge in [-0.2, -0.15) is 0 Å². The maximum Gasteiger partial charge on any atom is 0.303 e. The van der Waals surface area contributed by atoms with Crippen LogP contribution in [0.3, 0.4) is 0 Å². The Hall–Kier alpha value is -1.13. The molecule has 102 valence electrons. The first kappa shape index (κ1) is 22.2. The molecule has 0 unspecified atom stereocenters. The monoisotopic (exact) mass is 286 g/mol. The summed E-state index contributed by atoms with van der Waals surface area (Å²) in [5, 5.41) is 8.42. The predicted octanol–water partition coefficient (Wildman–Crippen LogP) is 0.509. The first-order valence-corrected chi connectivity index (χ1v) is 5.85. The van der Waals surface area contributed by atoms with Crippen molar-refractivity contribution in [3.63, 3.8) is 0 Å². The molecular formula is C10H11B6F3O2. The van der Waals surface area contributed by atoms with Gasteiger partial charge in [0.2, 0.25) is 0 Å². The second-order valence-corrected chi connectivity index (χ2v) is 4.05. The summed E-state index contributed by atoms with van der Waals surface area (Å²) in [7, 11) is 19.9. The molecule has 0 bridgehead atoms. The van der Waals surface area contributed by atoms with Crippen LogP contribution in [-0.2, 0) is 11.2 Å². The van der Waals surface area contributed by atoms with E-state index in [0.717, 1.165) is 0 Å². The summed E-state index contributed by atoms with van der Waals surface area (Å²) in [6.45, 7) is 0. The Bertz CT molecular complexity index is 414. The van der Waals surface area contributed by atoms with E-state index in [2.05, 4.69) is 0 Å². The van der Waals surface area contributed by atoms with Gasteiger partial charge in [-0.1, -0.05) is 24.3 Å². The first-order chi connectivity index (χ1) is 9.25. The van der Waals surface area contributed by atoms with Gasteiger partial charge in [0, 0.05) is 55.7 Å². The zero-order valence-corrected chi connectivity index (χ0v) is 11.3. The van der Waals surface area contributed by atoms with Crippen LogP contribution in [0.5, 0.6) is 0 Å². The molecule has 0 aromatic heterocycles. The van der Waals surface area contributed by atoms with Crippen LogP contribution in [0, 0.1) is 0 Å². The fourth-order valence-electron chi connectivity index (χ4n) is 1.22. The number of carboxylic acid groups (broad SMARTS) is 1. The van der Waals surface area contributed by atoms with E-state index in [0.29, 0.717) is 5.56 Å². The Morgan fingerprint density at radius 1 is 1.14 bits per heavy atom. The third kappa shape index (κ3) is 10.3. The van der Waals surface area contributed by atoms with Gasteiger partial charge in [-0.15, -0.1) is 0 Å². The van der Waals surface area contributed by atoms with Gasteiger partial charge < -0.3 is 5.11 Å². The standard InChI is InChI=1S/C10H10F2O2.B6.FH/c11-10(12)8-4-2-1-3-7(8)5-6-9(13)14;1-5(2)6(3)4;/h1-4,10H,5-6H2,(H,13,14);;1H. The Labute approximate surface area is 128 Å². The van der Waals surface area contributed by atoms with E-state index in [9.17, 15) is 13.6 Å². The summed E-state index contributed by atoms with van der Waals surface area (Å²) in [6, 6.07) is 6.00. The topological polar surface area (TPSA) is 37.3 Å². The lowest BCUT2D eigenvalue weighted by Crippen LogP contribution is -2.38. The second-order valence-electron chi connectivity index (χ2n) is 4.05. The van der Waals surface area contributed by atoms with Crippen molar-refractivity contribution in [2.75, 3.05) is 0 Å². The van der Waals surface area contributed by atoms with E-state index in [-0.39, 0.29) is 23.1 Å². The molecule has 0 saturated heterocycles. The van der Waals surface area contributed by atoms with Gasteiger partial charge in [-0.05, 0) is 12.0 Å². The van der Waals surface area contributed by atoms with Crippen molar-refractivity contribution in [2.24, 2.45) is 0 Å². The maximum absolute atomic E-state index is 12.4. The third-order valence-electron chi connectivity index (χ3n) is 2.34. The average molecular weight is 285 g/mol. The number of carboxylic acids is 1. The molecule has 0 spiro atoms. The Morgan fingerprint density at radius 2 is 1.62 bits per heavy atom. The quantitative estimate of drug-likeness (QED) is 0.800. The molecule has 1 N–H and O–H groups in total. The van der Waals surface area contributed by atoms with Crippen LogP contribution in [0.25, 0.3) is 0 Å². The van der Waals surface area contributed by atoms with Crippen molar-refractivity contribution in [3.05, 3.63) is 35.4 Å². The third-order valence-corrected chi connectivity index (χ3v) is 2.34. The van der Waals surface area contributed by atoms with E-state index in [1.54, 1.807) is 6.07 Å². The van der Waals surface area contributed by atoms with Crippen LogP contribution in [0.2, 0.25) is 0 Å². The van der Waals surface area contributed by atoms with Crippen molar-refractivity contribution in [3.8, 4) is 0 Å². The summed E-state index contributed by atoms with van der Waals surface area (Å²) in [5.74, 6) is -0.978. The van der Waals surface area contributed by atoms with Crippen LogP contribution < -0.4 is 0 Å². The van der Waals surface area contributed by atoms with Crippen molar-refractivity contribution in [2.45, 2.75) is 19.3 Å². The van der Waals surface area contributed by atoms with Crippen LogP contribution in [0.4, 0.5) is 13.5 Å². The molecule has 0 fully saturated rings. The largest absolute Gasteiger partial charge is 0.481 e. The van der Waals surface area contributed by atoms with E-state index < -0.39 is 25.2 Å². The minimum Gasteiger partial charge on any atom is -0.481 e. The molecule has 21 heavy (non-hydrogen) atoms. The van der Waals surface area contributed by atoms with E-state index in [1.165, 1.54) is 18.2 Å². The molecule has 1 aromatic rings. The molecular weight excluding hydrogens is 274 g/mol. The number of alkyl halides is 2. The van der Waals surface area contributed by atoms with Crippen molar-refractivity contribution in [1.82, 2.24) is 0 Å². The lowest BCUT2D eigenvalue weighted by Gasteiger charge is -2.06. The van der Waals surface area contributed by atoms with Crippen molar-refractivity contribution < 1.29 is 23.4 Å².